The van der Waals surface area contributed by atoms with Crippen LogP contribution in [0.25, 0.3) is 0 Å². The van der Waals surface area contributed by atoms with Crippen LogP contribution in [-0.4, -0.2) is 15.5 Å². The number of ether oxygens (including phenoxy) is 1. The van der Waals surface area contributed by atoms with Crippen molar-refractivity contribution in [3.63, 3.8) is 0 Å². The molecule has 4 heteroatoms. The van der Waals surface area contributed by atoms with Gasteiger partial charge in [0.2, 0.25) is 5.88 Å². The zero-order valence-electron chi connectivity index (χ0n) is 6.57. The van der Waals surface area contributed by atoms with Crippen LogP contribution in [-0.2, 0) is 11.3 Å². The Morgan fingerprint density at radius 2 is 2.55 bits per heavy atom. The third-order valence-corrected chi connectivity index (χ3v) is 1.22. The maximum Gasteiger partial charge on any atom is 0.309 e. The third kappa shape index (κ3) is 2.07. The first-order valence-electron chi connectivity index (χ1n) is 3.42. The molecule has 0 saturated heterocycles. The Balaban J connectivity index is 2.65. The highest BCUT2D eigenvalue weighted by Gasteiger charge is 1.99. The van der Waals surface area contributed by atoms with Crippen LogP contribution < -0.4 is 4.74 Å². The molecule has 0 radical (unpaired) electrons. The van der Waals surface area contributed by atoms with Crippen molar-refractivity contribution in [2.45, 2.75) is 20.4 Å². The van der Waals surface area contributed by atoms with E-state index in [0.29, 0.717) is 5.88 Å². The van der Waals surface area contributed by atoms with Crippen molar-refractivity contribution >= 4 is 5.97 Å². The molecule has 0 aliphatic carbocycles. The van der Waals surface area contributed by atoms with Gasteiger partial charge in [-0.15, -0.1) is 0 Å². The lowest BCUT2D eigenvalue weighted by Gasteiger charge is -1.93. The van der Waals surface area contributed by atoms with Gasteiger partial charge in [0.05, 0.1) is 12.5 Å². The molecule has 4 nitrogen and oxygen atoms in total. The Morgan fingerprint density at radius 3 is 3.00 bits per heavy atom. The van der Waals surface area contributed by atoms with Crippen LogP contribution in [0.5, 0.6) is 5.88 Å². The number of hydrogen-bond acceptors (Lipinski definition) is 3. The number of aromatic nitrogens is 2. The summed E-state index contributed by atoms with van der Waals surface area (Å²) in [6.45, 7) is 4.17. The van der Waals surface area contributed by atoms with Crippen molar-refractivity contribution in [3.05, 3.63) is 12.5 Å². The summed E-state index contributed by atoms with van der Waals surface area (Å²) in [4.78, 5) is 14.3. The number of rotatable bonds is 2. The number of carbonyl (C=O) groups excluding carboxylic acids is 1. The monoisotopic (exact) mass is 154 g/mol. The van der Waals surface area contributed by atoms with Gasteiger partial charge in [0.15, 0.2) is 0 Å². The molecular weight excluding hydrogens is 144 g/mol. The standard InChI is InChI=1S/C7H10N2O2/c1-3-9-4-7(8-5-9)11-6(2)10/h4-5H,3H2,1-2H3. The van der Waals surface area contributed by atoms with Crippen LogP contribution in [0.1, 0.15) is 13.8 Å². The Morgan fingerprint density at radius 1 is 1.82 bits per heavy atom. The summed E-state index contributed by atoms with van der Waals surface area (Å²) in [5, 5.41) is 0. The molecule has 0 bridgehead atoms. The van der Waals surface area contributed by atoms with Crippen molar-refractivity contribution < 1.29 is 9.53 Å². The summed E-state index contributed by atoms with van der Waals surface area (Å²) in [6, 6.07) is 0. The van der Waals surface area contributed by atoms with Gasteiger partial charge in [0, 0.05) is 13.5 Å². The van der Waals surface area contributed by atoms with E-state index in [1.54, 1.807) is 12.5 Å². The summed E-state index contributed by atoms with van der Waals surface area (Å²) in [5.41, 5.74) is 0. The second-order valence-corrected chi connectivity index (χ2v) is 2.14. The number of hydrogen-bond donors (Lipinski definition) is 0. The van der Waals surface area contributed by atoms with Crippen molar-refractivity contribution in [1.29, 1.82) is 0 Å². The summed E-state index contributed by atoms with van der Waals surface area (Å²) < 4.78 is 6.56. The average Bonchev–Trinajstić information content (AvgIpc) is 2.34. The predicted molar refractivity (Wildman–Crippen MR) is 39.2 cm³/mol. The fraction of sp³-hybridized carbons (Fsp3) is 0.429. The van der Waals surface area contributed by atoms with E-state index in [-0.39, 0.29) is 5.97 Å². The van der Waals surface area contributed by atoms with E-state index < -0.39 is 0 Å². The molecule has 1 rings (SSSR count). The average molecular weight is 154 g/mol. The van der Waals surface area contributed by atoms with Crippen molar-refractivity contribution in [3.8, 4) is 5.88 Å². The molecule has 0 N–H and O–H groups in total. The van der Waals surface area contributed by atoms with Crippen molar-refractivity contribution in [1.82, 2.24) is 9.55 Å². The number of carbonyl (C=O) groups is 1. The molecule has 0 aromatic carbocycles. The quantitative estimate of drug-likeness (QED) is 0.592. The number of nitrogens with zero attached hydrogens (tertiary/aromatic N) is 2. The lowest BCUT2D eigenvalue weighted by molar-refractivity contribution is -0.132. The summed E-state index contributed by atoms with van der Waals surface area (Å²) in [6.07, 6.45) is 3.31. The summed E-state index contributed by atoms with van der Waals surface area (Å²) in [7, 11) is 0. The molecule has 0 spiro atoms. The molecule has 0 aliphatic rings. The molecule has 1 aromatic rings. The highest BCUT2D eigenvalue weighted by molar-refractivity contribution is 5.68. The fourth-order valence-electron chi connectivity index (χ4n) is 0.712. The SMILES string of the molecule is CCn1cnc(OC(C)=O)c1. The minimum atomic E-state index is -0.341. The lowest BCUT2D eigenvalue weighted by atomic mass is 10.7. The van der Waals surface area contributed by atoms with Gasteiger partial charge in [-0.3, -0.25) is 4.79 Å². The Labute approximate surface area is 64.8 Å². The summed E-state index contributed by atoms with van der Waals surface area (Å²) in [5.74, 6) is 0.0192. The molecule has 11 heavy (non-hydrogen) atoms. The van der Waals surface area contributed by atoms with E-state index in [0.717, 1.165) is 6.54 Å². The number of esters is 1. The fourth-order valence-corrected chi connectivity index (χ4v) is 0.712. The zero-order chi connectivity index (χ0) is 8.27. The van der Waals surface area contributed by atoms with Crippen LogP contribution in [0.2, 0.25) is 0 Å². The Hall–Kier alpha value is -1.32. The number of imidazole rings is 1. The maximum absolute atomic E-state index is 10.4. The van der Waals surface area contributed by atoms with Crippen molar-refractivity contribution in [2.24, 2.45) is 0 Å². The molecular formula is C7H10N2O2. The number of aryl methyl sites for hydroxylation is 1. The second kappa shape index (κ2) is 3.18. The first-order chi connectivity index (χ1) is 5.22. The topological polar surface area (TPSA) is 44.1 Å². The Kier molecular flexibility index (Phi) is 2.25. The molecule has 0 amide bonds. The summed E-state index contributed by atoms with van der Waals surface area (Å²) >= 11 is 0. The van der Waals surface area contributed by atoms with Gasteiger partial charge < -0.3 is 9.30 Å². The van der Waals surface area contributed by atoms with Gasteiger partial charge in [0.1, 0.15) is 0 Å². The van der Waals surface area contributed by atoms with Gasteiger partial charge in [-0.2, -0.15) is 0 Å². The second-order valence-electron chi connectivity index (χ2n) is 2.14. The molecule has 0 saturated carbocycles. The van der Waals surface area contributed by atoms with Crippen molar-refractivity contribution in [2.75, 3.05) is 0 Å². The van der Waals surface area contributed by atoms with Gasteiger partial charge in [-0.1, -0.05) is 0 Å². The molecule has 0 atom stereocenters. The smallest absolute Gasteiger partial charge is 0.309 e. The van der Waals surface area contributed by atoms with Crippen LogP contribution in [0, 0.1) is 0 Å². The molecule has 0 aliphatic heterocycles. The highest BCUT2D eigenvalue weighted by atomic mass is 16.5. The van der Waals surface area contributed by atoms with E-state index in [1.165, 1.54) is 6.92 Å². The minimum Gasteiger partial charge on any atom is -0.406 e. The van der Waals surface area contributed by atoms with Gasteiger partial charge >= 0.3 is 5.97 Å². The molecule has 0 fully saturated rings. The first-order valence-corrected chi connectivity index (χ1v) is 3.42. The molecule has 60 valence electrons. The van der Waals surface area contributed by atoms with Gasteiger partial charge in [-0.05, 0) is 6.92 Å². The highest BCUT2D eigenvalue weighted by Crippen LogP contribution is 2.05. The largest absolute Gasteiger partial charge is 0.406 e. The van der Waals surface area contributed by atoms with Gasteiger partial charge in [-0.25, -0.2) is 4.98 Å². The van der Waals surface area contributed by atoms with Gasteiger partial charge in [0.25, 0.3) is 0 Å². The van der Waals surface area contributed by atoms with Crippen LogP contribution in [0.4, 0.5) is 0 Å². The Bertz CT molecular complexity index is 255. The van der Waals surface area contributed by atoms with Crippen LogP contribution in [0.3, 0.4) is 0 Å². The van der Waals surface area contributed by atoms with E-state index in [9.17, 15) is 4.79 Å². The first kappa shape index (κ1) is 7.78. The van der Waals surface area contributed by atoms with E-state index in [1.807, 2.05) is 11.5 Å². The predicted octanol–water partition coefficient (Wildman–Crippen LogP) is 0.828. The maximum atomic E-state index is 10.4. The molecule has 1 aromatic heterocycles. The van der Waals surface area contributed by atoms with E-state index in [2.05, 4.69) is 4.98 Å². The normalized spacial score (nSPS) is 9.64. The zero-order valence-corrected chi connectivity index (χ0v) is 6.57. The van der Waals surface area contributed by atoms with E-state index >= 15 is 0 Å². The van der Waals surface area contributed by atoms with E-state index in [4.69, 9.17) is 4.74 Å². The van der Waals surface area contributed by atoms with Crippen LogP contribution >= 0.6 is 0 Å². The third-order valence-electron chi connectivity index (χ3n) is 1.22. The van der Waals surface area contributed by atoms with Crippen LogP contribution in [0.15, 0.2) is 12.5 Å². The molecule has 0 unspecified atom stereocenters. The lowest BCUT2D eigenvalue weighted by Crippen LogP contribution is -2.01. The molecule has 1 heterocycles. The minimum absolute atomic E-state index is 0.341.